The summed E-state index contributed by atoms with van der Waals surface area (Å²) in [7, 11) is 0. The first-order valence-electron chi connectivity index (χ1n) is 10.3. The van der Waals surface area contributed by atoms with E-state index in [0.717, 1.165) is 12.1 Å². The van der Waals surface area contributed by atoms with Crippen molar-refractivity contribution in [1.82, 2.24) is 25.1 Å². The highest BCUT2D eigenvalue weighted by Crippen LogP contribution is 2.33. The van der Waals surface area contributed by atoms with Crippen LogP contribution in [0.4, 0.5) is 24.9 Å². The lowest BCUT2D eigenvalue weighted by atomic mass is 10.2. The number of carbonyl (C=O) groups is 1. The molecule has 0 spiro atoms. The lowest BCUT2D eigenvalue weighted by molar-refractivity contribution is -0.137. The Balaban J connectivity index is 1.61. The van der Waals surface area contributed by atoms with Gasteiger partial charge in [-0.15, -0.1) is 0 Å². The minimum Gasteiger partial charge on any atom is -0.389 e. The maximum atomic E-state index is 13.2. The molecule has 0 saturated carbocycles. The van der Waals surface area contributed by atoms with Gasteiger partial charge < -0.3 is 25.7 Å². The number of benzene rings is 1. The third-order valence-corrected chi connectivity index (χ3v) is 5.70. The van der Waals surface area contributed by atoms with Gasteiger partial charge >= 0.3 is 6.18 Å². The molecule has 0 radical (unpaired) electrons. The molecule has 13 heteroatoms. The molecule has 2 aromatic heterocycles. The highest BCUT2D eigenvalue weighted by molar-refractivity contribution is 5.89. The molecular weight excluding hydrogens is 443 g/mol. The van der Waals surface area contributed by atoms with Gasteiger partial charge in [-0.2, -0.15) is 28.2 Å². The number of fused-ring (bicyclic) bond motifs is 1. The number of aliphatic hydroxyl groups excluding tert-OH is 2. The summed E-state index contributed by atoms with van der Waals surface area (Å²) in [6.07, 6.45) is -4.80. The number of β-amino-alcohol motifs (C(OH)–C–C–N with tert-alkyl or cyclic N) is 2. The monoisotopic (exact) mass is 463 g/mol. The molecule has 33 heavy (non-hydrogen) atoms. The van der Waals surface area contributed by atoms with Crippen molar-refractivity contribution in [2.45, 2.75) is 30.8 Å². The summed E-state index contributed by atoms with van der Waals surface area (Å²) < 4.78 is 41.0. The lowest BCUT2D eigenvalue weighted by Crippen LogP contribution is -2.26. The number of rotatable bonds is 4. The van der Waals surface area contributed by atoms with Crippen molar-refractivity contribution in [2.24, 2.45) is 0 Å². The molecule has 1 amide bonds. The number of aromatic nitrogens is 4. The van der Waals surface area contributed by atoms with Crippen molar-refractivity contribution in [3.8, 4) is 5.69 Å². The van der Waals surface area contributed by atoms with Crippen molar-refractivity contribution in [3.63, 3.8) is 0 Å². The summed E-state index contributed by atoms with van der Waals surface area (Å²) in [5, 5.41) is 30.5. The predicted molar refractivity (Wildman–Crippen MR) is 111 cm³/mol. The molecule has 3 atom stereocenters. The van der Waals surface area contributed by atoms with Crippen LogP contribution in [0.2, 0.25) is 0 Å². The minimum absolute atomic E-state index is 0.116. The molecule has 4 N–H and O–H groups in total. The second kappa shape index (κ2) is 7.85. The van der Waals surface area contributed by atoms with Crippen LogP contribution in [0.25, 0.3) is 16.7 Å². The summed E-state index contributed by atoms with van der Waals surface area (Å²) in [5.74, 6) is 0.408. The van der Waals surface area contributed by atoms with Crippen molar-refractivity contribution < 1.29 is 28.2 Å². The largest absolute Gasteiger partial charge is 0.416 e. The minimum atomic E-state index is -4.52. The van der Waals surface area contributed by atoms with Crippen LogP contribution in [0, 0.1) is 0 Å². The van der Waals surface area contributed by atoms with Crippen molar-refractivity contribution >= 4 is 28.7 Å². The lowest BCUT2D eigenvalue weighted by Gasteiger charge is -2.19. The molecule has 2 aliphatic rings. The molecule has 5 rings (SSSR count). The molecule has 2 aliphatic heterocycles. The van der Waals surface area contributed by atoms with Gasteiger partial charge in [0.1, 0.15) is 5.82 Å². The van der Waals surface area contributed by atoms with Crippen LogP contribution < -0.4 is 15.5 Å². The van der Waals surface area contributed by atoms with E-state index in [0.29, 0.717) is 17.7 Å². The fourth-order valence-corrected chi connectivity index (χ4v) is 4.03. The number of amides is 1. The van der Waals surface area contributed by atoms with Crippen LogP contribution >= 0.6 is 0 Å². The van der Waals surface area contributed by atoms with Gasteiger partial charge in [0.15, 0.2) is 5.65 Å². The van der Waals surface area contributed by atoms with Crippen LogP contribution in [-0.2, 0) is 11.0 Å². The van der Waals surface area contributed by atoms with Gasteiger partial charge in [0.05, 0.1) is 41.1 Å². The SMILES string of the molecule is O=C1CC(Nc2nc(N3CC(O)C(O)C3)c3cnn(-c4cccc(C(F)(F)F)c4)c3n2)CN1. The number of carbonyl (C=O) groups excluding carboxylic acids is 1. The van der Waals surface area contributed by atoms with E-state index in [9.17, 15) is 28.2 Å². The third-order valence-electron chi connectivity index (χ3n) is 5.70. The Morgan fingerprint density at radius 1 is 1.15 bits per heavy atom. The zero-order valence-corrected chi connectivity index (χ0v) is 17.1. The Labute approximate surface area is 185 Å². The summed E-state index contributed by atoms with van der Waals surface area (Å²) in [6, 6.07) is 4.46. The number of hydrogen-bond donors (Lipinski definition) is 4. The van der Waals surface area contributed by atoms with Crippen LogP contribution in [0.15, 0.2) is 30.5 Å². The number of anilines is 2. The standard InChI is InChI=1S/C20H20F3N7O3/c21-20(22,23)10-2-1-3-12(4-10)30-18-13(7-25-30)17(29-8-14(31)15(32)9-29)27-19(28-18)26-11-5-16(33)24-6-11/h1-4,7,11,14-15,31-32H,5-6,8-9H2,(H,24,33)(H,26,27,28). The van der Waals surface area contributed by atoms with Gasteiger partial charge in [0.2, 0.25) is 11.9 Å². The van der Waals surface area contributed by atoms with E-state index < -0.39 is 23.9 Å². The molecule has 3 unspecified atom stereocenters. The highest BCUT2D eigenvalue weighted by Gasteiger charge is 2.33. The van der Waals surface area contributed by atoms with E-state index >= 15 is 0 Å². The van der Waals surface area contributed by atoms with Crippen LogP contribution in [0.5, 0.6) is 0 Å². The Hall–Kier alpha value is -3.45. The van der Waals surface area contributed by atoms with Crippen LogP contribution in [0.1, 0.15) is 12.0 Å². The summed E-state index contributed by atoms with van der Waals surface area (Å²) in [6.45, 7) is 0.611. The van der Waals surface area contributed by atoms with Gasteiger partial charge in [0, 0.05) is 26.1 Å². The zero-order valence-electron chi connectivity index (χ0n) is 17.1. The number of aliphatic hydroxyl groups is 2. The Morgan fingerprint density at radius 2 is 1.91 bits per heavy atom. The first kappa shape index (κ1) is 21.4. The topological polar surface area (TPSA) is 128 Å². The number of hydrogen-bond acceptors (Lipinski definition) is 8. The quantitative estimate of drug-likeness (QED) is 0.445. The zero-order chi connectivity index (χ0) is 23.3. The first-order valence-corrected chi connectivity index (χ1v) is 10.3. The van der Waals surface area contributed by atoms with Crippen molar-refractivity contribution in [2.75, 3.05) is 29.9 Å². The second-order valence-corrected chi connectivity index (χ2v) is 8.10. The Morgan fingerprint density at radius 3 is 2.58 bits per heavy atom. The van der Waals surface area contributed by atoms with E-state index in [1.54, 1.807) is 4.90 Å². The molecule has 2 fully saturated rings. The number of nitrogens with one attached hydrogen (secondary N) is 2. The first-order chi connectivity index (χ1) is 15.7. The summed E-state index contributed by atoms with van der Waals surface area (Å²) in [4.78, 5) is 22.2. The molecule has 4 heterocycles. The predicted octanol–water partition coefficient (Wildman–Crippen LogP) is 0.677. The molecule has 2 saturated heterocycles. The average Bonchev–Trinajstić information content (AvgIpc) is 3.46. The van der Waals surface area contributed by atoms with Gasteiger partial charge in [-0.1, -0.05) is 6.07 Å². The molecule has 10 nitrogen and oxygen atoms in total. The van der Waals surface area contributed by atoms with E-state index in [4.69, 9.17) is 0 Å². The normalized spacial score (nSPS) is 23.4. The number of alkyl halides is 3. The van der Waals surface area contributed by atoms with Gasteiger partial charge in [-0.3, -0.25) is 4.79 Å². The van der Waals surface area contributed by atoms with E-state index in [1.165, 1.54) is 23.0 Å². The molecular formula is C20H20F3N7O3. The molecule has 174 valence electrons. The number of nitrogens with zero attached hydrogens (tertiary/aromatic N) is 5. The second-order valence-electron chi connectivity index (χ2n) is 8.10. The fourth-order valence-electron chi connectivity index (χ4n) is 4.03. The molecule has 3 aromatic rings. The van der Waals surface area contributed by atoms with E-state index in [-0.39, 0.29) is 48.7 Å². The number of halogens is 3. The maximum Gasteiger partial charge on any atom is 0.416 e. The Bertz CT molecular complexity index is 1210. The van der Waals surface area contributed by atoms with E-state index in [1.807, 2.05) is 0 Å². The van der Waals surface area contributed by atoms with Crippen molar-refractivity contribution in [1.29, 1.82) is 0 Å². The van der Waals surface area contributed by atoms with Gasteiger partial charge in [-0.25, -0.2) is 4.68 Å². The van der Waals surface area contributed by atoms with Crippen LogP contribution in [-0.4, -0.2) is 73.8 Å². The summed E-state index contributed by atoms with van der Waals surface area (Å²) in [5.41, 5.74) is -0.415. The van der Waals surface area contributed by atoms with E-state index in [2.05, 4.69) is 25.7 Å². The fraction of sp³-hybridized carbons (Fsp3) is 0.400. The average molecular weight is 463 g/mol. The molecule has 1 aromatic carbocycles. The van der Waals surface area contributed by atoms with Gasteiger partial charge in [-0.05, 0) is 18.2 Å². The highest BCUT2D eigenvalue weighted by atomic mass is 19.4. The smallest absolute Gasteiger partial charge is 0.389 e. The summed E-state index contributed by atoms with van der Waals surface area (Å²) >= 11 is 0. The van der Waals surface area contributed by atoms with Gasteiger partial charge in [0.25, 0.3) is 0 Å². The third kappa shape index (κ3) is 4.04. The molecule has 0 bridgehead atoms. The van der Waals surface area contributed by atoms with Crippen LogP contribution in [0.3, 0.4) is 0 Å². The molecule has 0 aliphatic carbocycles. The van der Waals surface area contributed by atoms with Crippen molar-refractivity contribution in [3.05, 3.63) is 36.0 Å². The maximum absolute atomic E-state index is 13.2. The Kier molecular flexibility index (Phi) is 5.09.